The lowest BCUT2D eigenvalue weighted by atomic mass is 10.1. The van der Waals surface area contributed by atoms with Crippen LogP contribution < -0.4 is 15.4 Å². The number of nitrogens with one attached hydrogen (secondary N) is 2. The number of esters is 1. The predicted octanol–water partition coefficient (Wildman–Crippen LogP) is 2.99. The smallest absolute Gasteiger partial charge is 0.328 e. The van der Waals surface area contributed by atoms with Crippen LogP contribution in [-0.4, -0.2) is 31.8 Å². The Balaban J connectivity index is 1.97. The molecule has 0 saturated heterocycles. The molecule has 25 heavy (non-hydrogen) atoms. The summed E-state index contributed by atoms with van der Waals surface area (Å²) in [6, 6.07) is 15.2. The van der Waals surface area contributed by atoms with Gasteiger partial charge in [0.25, 0.3) is 0 Å². The van der Waals surface area contributed by atoms with Crippen molar-refractivity contribution >= 4 is 17.7 Å². The number of hydrogen-bond donors (Lipinski definition) is 2. The Hall–Kier alpha value is -3.02. The van der Waals surface area contributed by atoms with Gasteiger partial charge in [0.15, 0.2) is 0 Å². The molecule has 0 aliphatic heterocycles. The van der Waals surface area contributed by atoms with Gasteiger partial charge in [-0.05, 0) is 36.8 Å². The van der Waals surface area contributed by atoms with Crippen molar-refractivity contribution in [2.24, 2.45) is 0 Å². The van der Waals surface area contributed by atoms with Crippen LogP contribution in [0, 0.1) is 0 Å². The lowest BCUT2D eigenvalue weighted by Crippen LogP contribution is -2.45. The van der Waals surface area contributed by atoms with Crippen molar-refractivity contribution in [2.75, 3.05) is 19.0 Å². The van der Waals surface area contributed by atoms with E-state index in [0.29, 0.717) is 18.7 Å². The topological polar surface area (TPSA) is 76.7 Å². The first-order chi connectivity index (χ1) is 12.1. The van der Waals surface area contributed by atoms with Crippen LogP contribution in [0.5, 0.6) is 5.75 Å². The molecule has 0 fully saturated rings. The molecule has 0 radical (unpaired) electrons. The maximum absolute atomic E-state index is 12.2. The Labute approximate surface area is 147 Å². The molecule has 0 aromatic heterocycles. The first-order valence-electron chi connectivity index (χ1n) is 8.04. The minimum atomic E-state index is -0.768. The van der Waals surface area contributed by atoms with Gasteiger partial charge in [-0.15, -0.1) is 0 Å². The average Bonchev–Trinajstić information content (AvgIpc) is 2.63. The van der Waals surface area contributed by atoms with Gasteiger partial charge < -0.3 is 20.1 Å². The van der Waals surface area contributed by atoms with Crippen LogP contribution in [0.15, 0.2) is 54.6 Å². The molecular formula is C19H22N2O4. The molecule has 2 aromatic carbocycles. The molecule has 2 aromatic rings. The van der Waals surface area contributed by atoms with Crippen LogP contribution in [0.1, 0.15) is 12.5 Å². The molecule has 6 nitrogen and oxygen atoms in total. The van der Waals surface area contributed by atoms with Gasteiger partial charge in [0.1, 0.15) is 11.8 Å². The Morgan fingerprint density at radius 2 is 1.72 bits per heavy atom. The highest BCUT2D eigenvalue weighted by Crippen LogP contribution is 2.15. The summed E-state index contributed by atoms with van der Waals surface area (Å²) in [6.45, 7) is 2.48. The van der Waals surface area contributed by atoms with E-state index in [4.69, 9.17) is 9.47 Å². The van der Waals surface area contributed by atoms with Crippen LogP contribution in [0.2, 0.25) is 0 Å². The van der Waals surface area contributed by atoms with Gasteiger partial charge >= 0.3 is 12.0 Å². The second-order valence-corrected chi connectivity index (χ2v) is 5.32. The minimum Gasteiger partial charge on any atom is -0.494 e. The molecule has 0 bridgehead atoms. The quantitative estimate of drug-likeness (QED) is 0.759. The first kappa shape index (κ1) is 18.3. The van der Waals surface area contributed by atoms with E-state index in [1.165, 1.54) is 7.11 Å². The third-order valence-electron chi connectivity index (χ3n) is 3.50. The number of anilines is 1. The molecule has 2 rings (SSSR count). The van der Waals surface area contributed by atoms with Gasteiger partial charge in [-0.3, -0.25) is 0 Å². The molecule has 2 N–H and O–H groups in total. The number of methoxy groups -OCH3 is 1. The summed E-state index contributed by atoms with van der Waals surface area (Å²) >= 11 is 0. The lowest BCUT2D eigenvalue weighted by Gasteiger charge is -2.17. The van der Waals surface area contributed by atoms with E-state index in [1.807, 2.05) is 37.3 Å². The predicted molar refractivity (Wildman–Crippen MR) is 95.7 cm³/mol. The van der Waals surface area contributed by atoms with Gasteiger partial charge in [-0.25, -0.2) is 9.59 Å². The van der Waals surface area contributed by atoms with Crippen molar-refractivity contribution in [3.8, 4) is 5.75 Å². The Kier molecular flexibility index (Phi) is 6.83. The van der Waals surface area contributed by atoms with Crippen LogP contribution >= 0.6 is 0 Å². The number of benzene rings is 2. The summed E-state index contributed by atoms with van der Waals surface area (Å²) < 4.78 is 10.1. The number of carbonyl (C=O) groups is 2. The second-order valence-electron chi connectivity index (χ2n) is 5.32. The molecule has 1 unspecified atom stereocenters. The van der Waals surface area contributed by atoms with Crippen LogP contribution in [-0.2, 0) is 16.0 Å². The van der Waals surface area contributed by atoms with Crippen LogP contribution in [0.25, 0.3) is 0 Å². The summed E-state index contributed by atoms with van der Waals surface area (Å²) in [5, 5.41) is 5.34. The van der Waals surface area contributed by atoms with Crippen LogP contribution in [0.4, 0.5) is 10.5 Å². The number of rotatable bonds is 7. The normalized spacial score (nSPS) is 11.3. The van der Waals surface area contributed by atoms with Crippen molar-refractivity contribution in [1.29, 1.82) is 0 Å². The zero-order chi connectivity index (χ0) is 18.1. The minimum absolute atomic E-state index is 0.351. The number of amides is 2. The third kappa shape index (κ3) is 5.84. The third-order valence-corrected chi connectivity index (χ3v) is 3.50. The monoisotopic (exact) mass is 342 g/mol. The lowest BCUT2D eigenvalue weighted by molar-refractivity contribution is -0.142. The maximum atomic E-state index is 12.2. The number of hydrogen-bond acceptors (Lipinski definition) is 4. The molecule has 6 heteroatoms. The fourth-order valence-electron chi connectivity index (χ4n) is 2.31. The summed E-state index contributed by atoms with van der Waals surface area (Å²) in [4.78, 5) is 24.1. The molecule has 0 saturated carbocycles. The highest BCUT2D eigenvalue weighted by atomic mass is 16.5. The van der Waals surface area contributed by atoms with Crippen molar-refractivity contribution in [2.45, 2.75) is 19.4 Å². The fourth-order valence-corrected chi connectivity index (χ4v) is 2.31. The van der Waals surface area contributed by atoms with Gasteiger partial charge in [0.05, 0.1) is 13.7 Å². The van der Waals surface area contributed by atoms with E-state index in [2.05, 4.69) is 10.6 Å². The van der Waals surface area contributed by atoms with Crippen molar-refractivity contribution < 1.29 is 19.1 Å². The van der Waals surface area contributed by atoms with E-state index in [-0.39, 0.29) is 0 Å². The van der Waals surface area contributed by atoms with Crippen molar-refractivity contribution in [3.63, 3.8) is 0 Å². The van der Waals surface area contributed by atoms with Gasteiger partial charge in [0.2, 0.25) is 0 Å². The summed E-state index contributed by atoms with van der Waals surface area (Å²) in [7, 11) is 1.30. The molecule has 132 valence electrons. The van der Waals surface area contributed by atoms with Gasteiger partial charge in [-0.1, -0.05) is 30.3 Å². The second kappa shape index (κ2) is 9.32. The van der Waals surface area contributed by atoms with E-state index in [0.717, 1.165) is 11.3 Å². The zero-order valence-electron chi connectivity index (χ0n) is 14.3. The van der Waals surface area contributed by atoms with E-state index in [9.17, 15) is 9.59 Å². The molecule has 0 heterocycles. The Morgan fingerprint density at radius 3 is 2.32 bits per heavy atom. The molecule has 0 spiro atoms. The maximum Gasteiger partial charge on any atom is 0.328 e. The summed E-state index contributed by atoms with van der Waals surface area (Å²) in [5.74, 6) is 0.232. The largest absolute Gasteiger partial charge is 0.494 e. The van der Waals surface area contributed by atoms with Crippen molar-refractivity contribution in [1.82, 2.24) is 5.32 Å². The summed E-state index contributed by atoms with van der Waals surface area (Å²) in [6.07, 6.45) is 0.351. The van der Waals surface area contributed by atoms with Gasteiger partial charge in [0, 0.05) is 12.1 Å². The molecule has 1 atom stereocenters. The number of ether oxygens (including phenoxy) is 2. The highest BCUT2D eigenvalue weighted by Gasteiger charge is 2.22. The van der Waals surface area contributed by atoms with Gasteiger partial charge in [-0.2, -0.15) is 0 Å². The summed E-state index contributed by atoms with van der Waals surface area (Å²) in [5.41, 5.74) is 1.53. The van der Waals surface area contributed by atoms with E-state index >= 15 is 0 Å². The molecule has 0 aliphatic rings. The Morgan fingerprint density at radius 1 is 1.04 bits per heavy atom. The van der Waals surface area contributed by atoms with E-state index < -0.39 is 18.0 Å². The van der Waals surface area contributed by atoms with Crippen LogP contribution in [0.3, 0.4) is 0 Å². The molecule has 0 aliphatic carbocycles. The fraction of sp³-hybridized carbons (Fsp3) is 0.263. The first-order valence-corrected chi connectivity index (χ1v) is 8.04. The number of carbonyl (C=O) groups excluding carboxylic acids is 2. The molecule has 2 amide bonds. The van der Waals surface area contributed by atoms with Crippen molar-refractivity contribution in [3.05, 3.63) is 60.2 Å². The molecular weight excluding hydrogens is 320 g/mol. The highest BCUT2D eigenvalue weighted by molar-refractivity contribution is 5.92. The standard InChI is InChI=1S/C19H22N2O4/c1-3-25-16-11-9-15(10-12-16)20-19(23)21-17(18(22)24-2)13-14-7-5-4-6-8-14/h4-12,17H,3,13H2,1-2H3,(H2,20,21,23). The Bertz CT molecular complexity index is 686. The van der Waals surface area contributed by atoms with E-state index in [1.54, 1.807) is 24.3 Å². The average molecular weight is 342 g/mol. The zero-order valence-corrected chi connectivity index (χ0v) is 14.3. The number of urea groups is 1. The SMILES string of the molecule is CCOc1ccc(NC(=O)NC(Cc2ccccc2)C(=O)OC)cc1.